The number of fused-ring (bicyclic) bond motifs is 1. The molecule has 0 aromatic heterocycles. The summed E-state index contributed by atoms with van der Waals surface area (Å²) in [6.45, 7) is 0.0701. The Morgan fingerprint density at radius 1 is 1.07 bits per heavy atom. The zero-order valence-corrected chi connectivity index (χ0v) is 14.6. The SMILES string of the molecule is NOC(=O)[C@H](CCc1ccc2c(c1)CC(=O)N2)C(=O)OCc1ccccc1. The van der Waals surface area contributed by atoms with E-state index < -0.39 is 17.9 Å². The largest absolute Gasteiger partial charge is 0.460 e. The van der Waals surface area contributed by atoms with Gasteiger partial charge in [0.1, 0.15) is 6.61 Å². The molecule has 0 aliphatic carbocycles. The molecule has 7 heteroatoms. The normalized spacial score (nSPS) is 13.4. The Hall–Kier alpha value is -3.19. The number of rotatable bonds is 7. The lowest BCUT2D eigenvalue weighted by molar-refractivity contribution is -0.163. The molecule has 0 fully saturated rings. The quantitative estimate of drug-likeness (QED) is 0.439. The minimum Gasteiger partial charge on any atom is -0.460 e. The van der Waals surface area contributed by atoms with Gasteiger partial charge in [0.15, 0.2) is 5.92 Å². The molecule has 0 radical (unpaired) electrons. The Kier molecular flexibility index (Phi) is 5.83. The summed E-state index contributed by atoms with van der Waals surface area (Å²) in [5.41, 5.74) is 3.43. The maximum Gasteiger partial charge on any atom is 0.338 e. The van der Waals surface area contributed by atoms with E-state index in [1.54, 1.807) is 0 Å². The van der Waals surface area contributed by atoms with Crippen molar-refractivity contribution in [3.8, 4) is 0 Å². The number of ether oxygens (including phenoxy) is 1. The van der Waals surface area contributed by atoms with Crippen LogP contribution in [0, 0.1) is 5.92 Å². The lowest BCUT2D eigenvalue weighted by Crippen LogP contribution is -2.30. The summed E-state index contributed by atoms with van der Waals surface area (Å²) in [7, 11) is 0. The Bertz CT molecular complexity index is 851. The van der Waals surface area contributed by atoms with Crippen LogP contribution >= 0.6 is 0 Å². The molecule has 27 heavy (non-hydrogen) atoms. The topological polar surface area (TPSA) is 108 Å². The van der Waals surface area contributed by atoms with E-state index >= 15 is 0 Å². The molecule has 0 unspecified atom stereocenters. The van der Waals surface area contributed by atoms with Crippen molar-refractivity contribution in [2.75, 3.05) is 5.32 Å². The third-order valence-corrected chi connectivity index (χ3v) is 4.43. The monoisotopic (exact) mass is 368 g/mol. The molecule has 2 aromatic rings. The molecule has 0 bridgehead atoms. The van der Waals surface area contributed by atoms with E-state index in [-0.39, 0.29) is 18.9 Å². The number of carbonyl (C=O) groups excluding carboxylic acids is 3. The van der Waals surface area contributed by atoms with Crippen molar-refractivity contribution in [1.82, 2.24) is 0 Å². The highest BCUT2D eigenvalue weighted by Crippen LogP contribution is 2.25. The molecule has 0 saturated heterocycles. The van der Waals surface area contributed by atoms with Crippen LogP contribution in [-0.2, 0) is 43.4 Å². The molecule has 0 saturated carbocycles. The minimum atomic E-state index is -1.10. The smallest absolute Gasteiger partial charge is 0.338 e. The summed E-state index contributed by atoms with van der Waals surface area (Å²) < 4.78 is 5.24. The van der Waals surface area contributed by atoms with E-state index in [9.17, 15) is 14.4 Å². The molecule has 3 rings (SSSR count). The second-order valence-corrected chi connectivity index (χ2v) is 6.34. The summed E-state index contributed by atoms with van der Waals surface area (Å²) in [5, 5.41) is 2.76. The van der Waals surface area contributed by atoms with Crippen LogP contribution < -0.4 is 11.2 Å². The van der Waals surface area contributed by atoms with Gasteiger partial charge in [0.2, 0.25) is 5.91 Å². The second kappa shape index (κ2) is 8.46. The molecule has 2 aromatic carbocycles. The zero-order valence-electron chi connectivity index (χ0n) is 14.6. The summed E-state index contributed by atoms with van der Waals surface area (Å²) in [5.74, 6) is 2.32. The van der Waals surface area contributed by atoms with Gasteiger partial charge in [-0.3, -0.25) is 9.59 Å². The first kappa shape index (κ1) is 18.6. The van der Waals surface area contributed by atoms with Crippen molar-refractivity contribution in [2.24, 2.45) is 11.8 Å². The van der Waals surface area contributed by atoms with Crippen LogP contribution in [-0.4, -0.2) is 17.8 Å². The average Bonchev–Trinajstić information content (AvgIpc) is 3.06. The number of nitrogens with one attached hydrogen (secondary N) is 1. The predicted molar refractivity (Wildman–Crippen MR) is 97.1 cm³/mol. The van der Waals surface area contributed by atoms with Crippen molar-refractivity contribution < 1.29 is 24.0 Å². The lowest BCUT2D eigenvalue weighted by Gasteiger charge is -2.14. The van der Waals surface area contributed by atoms with E-state index in [2.05, 4.69) is 10.2 Å². The van der Waals surface area contributed by atoms with E-state index in [0.29, 0.717) is 12.8 Å². The molecule has 1 amide bonds. The van der Waals surface area contributed by atoms with Crippen molar-refractivity contribution in [1.29, 1.82) is 0 Å². The van der Waals surface area contributed by atoms with Gasteiger partial charge in [0.25, 0.3) is 0 Å². The number of esters is 1. The number of anilines is 1. The fraction of sp³-hybridized carbons (Fsp3) is 0.250. The van der Waals surface area contributed by atoms with Crippen LogP contribution in [0.4, 0.5) is 5.69 Å². The van der Waals surface area contributed by atoms with Crippen LogP contribution in [0.2, 0.25) is 0 Å². The third-order valence-electron chi connectivity index (χ3n) is 4.43. The molecule has 0 spiro atoms. The number of aryl methyl sites for hydroxylation is 1. The van der Waals surface area contributed by atoms with Crippen LogP contribution in [0.15, 0.2) is 48.5 Å². The number of benzene rings is 2. The molecule has 1 aliphatic rings. The second-order valence-electron chi connectivity index (χ2n) is 6.34. The highest BCUT2D eigenvalue weighted by Gasteiger charge is 2.29. The Labute approximate surface area is 156 Å². The number of amides is 1. The van der Waals surface area contributed by atoms with Crippen molar-refractivity contribution in [2.45, 2.75) is 25.9 Å². The summed E-state index contributed by atoms with van der Waals surface area (Å²) in [6, 6.07) is 14.7. The number of carbonyl (C=O) groups is 3. The fourth-order valence-electron chi connectivity index (χ4n) is 2.99. The summed E-state index contributed by atoms with van der Waals surface area (Å²) >= 11 is 0. The van der Waals surface area contributed by atoms with Gasteiger partial charge in [-0.05, 0) is 35.6 Å². The van der Waals surface area contributed by atoms with Gasteiger partial charge in [0, 0.05) is 5.69 Å². The van der Waals surface area contributed by atoms with E-state index in [1.165, 1.54) is 0 Å². The van der Waals surface area contributed by atoms with E-state index in [0.717, 1.165) is 22.4 Å². The molecular weight excluding hydrogens is 348 g/mol. The Morgan fingerprint density at radius 2 is 1.85 bits per heavy atom. The fourth-order valence-corrected chi connectivity index (χ4v) is 2.99. The van der Waals surface area contributed by atoms with Crippen molar-refractivity contribution in [3.63, 3.8) is 0 Å². The van der Waals surface area contributed by atoms with Crippen LogP contribution in [0.5, 0.6) is 0 Å². The van der Waals surface area contributed by atoms with Gasteiger partial charge in [-0.15, -0.1) is 0 Å². The van der Waals surface area contributed by atoms with Gasteiger partial charge in [0.05, 0.1) is 6.42 Å². The Morgan fingerprint density at radius 3 is 2.59 bits per heavy atom. The predicted octanol–water partition coefficient (Wildman–Crippen LogP) is 1.89. The van der Waals surface area contributed by atoms with Crippen LogP contribution in [0.25, 0.3) is 0 Å². The minimum absolute atomic E-state index is 0.0452. The zero-order chi connectivity index (χ0) is 19.2. The van der Waals surface area contributed by atoms with E-state index in [1.807, 2.05) is 48.5 Å². The number of nitrogens with two attached hydrogens (primary N) is 1. The van der Waals surface area contributed by atoms with Gasteiger partial charge >= 0.3 is 11.9 Å². The molecule has 7 nitrogen and oxygen atoms in total. The molecule has 1 heterocycles. The van der Waals surface area contributed by atoms with E-state index in [4.69, 9.17) is 10.6 Å². The number of hydrogen-bond donors (Lipinski definition) is 2. The summed E-state index contributed by atoms with van der Waals surface area (Å²) in [4.78, 5) is 40.0. The molecule has 1 atom stereocenters. The standard InChI is InChI=1S/C20H20N2O5/c21-27-20(25)16(19(24)26-12-14-4-2-1-3-5-14)8-6-13-7-9-17-15(10-13)11-18(23)22-17/h1-5,7,9-10,16H,6,8,11-12,21H2,(H,22,23)/t16-/m1/s1. The van der Waals surface area contributed by atoms with Gasteiger partial charge in [-0.2, -0.15) is 5.90 Å². The van der Waals surface area contributed by atoms with Crippen molar-refractivity contribution >= 4 is 23.5 Å². The molecule has 1 aliphatic heterocycles. The van der Waals surface area contributed by atoms with Gasteiger partial charge < -0.3 is 14.9 Å². The molecule has 140 valence electrons. The molecular formula is C20H20N2O5. The Balaban J connectivity index is 1.61. The van der Waals surface area contributed by atoms with Crippen LogP contribution in [0.1, 0.15) is 23.1 Å². The maximum atomic E-state index is 12.3. The maximum absolute atomic E-state index is 12.3. The van der Waals surface area contributed by atoms with Gasteiger partial charge in [-0.25, -0.2) is 4.79 Å². The third kappa shape index (κ3) is 4.71. The first-order valence-electron chi connectivity index (χ1n) is 8.59. The highest BCUT2D eigenvalue weighted by molar-refractivity contribution is 5.99. The van der Waals surface area contributed by atoms with Crippen molar-refractivity contribution in [3.05, 3.63) is 65.2 Å². The lowest BCUT2D eigenvalue weighted by atomic mass is 9.98. The average molecular weight is 368 g/mol. The van der Waals surface area contributed by atoms with Crippen LogP contribution in [0.3, 0.4) is 0 Å². The van der Waals surface area contributed by atoms with Gasteiger partial charge in [-0.1, -0.05) is 42.5 Å². The highest BCUT2D eigenvalue weighted by atomic mass is 16.7. The first-order valence-corrected chi connectivity index (χ1v) is 8.59. The summed E-state index contributed by atoms with van der Waals surface area (Å²) in [6.07, 6.45) is 0.974. The number of hydrogen-bond acceptors (Lipinski definition) is 6. The molecule has 3 N–H and O–H groups in total. The first-order chi connectivity index (χ1) is 13.1.